The van der Waals surface area contributed by atoms with Gasteiger partial charge < -0.3 is 0 Å². The number of hydrogen-bond donors (Lipinski definition) is 1. The van der Waals surface area contributed by atoms with Crippen LogP contribution in [0.5, 0.6) is 11.5 Å². The molecule has 2 aliphatic rings. The minimum atomic E-state index is 0.0290. The zero-order valence-corrected chi connectivity index (χ0v) is 10.9. The molecule has 1 saturated carbocycles. The number of phenolic OH excluding ortho intramolecular Hbond substituents is 1. The number of phenols is 1. The second kappa shape index (κ2) is 3.27. The second-order valence-electron chi connectivity index (χ2n) is 4.34. The monoisotopic (exact) mass is 317 g/mol. The molecule has 1 aromatic rings. The third-order valence-corrected chi connectivity index (χ3v) is 5.51. The van der Waals surface area contributed by atoms with E-state index in [1.54, 1.807) is 0 Å². The average Bonchev–Trinajstić information content (AvgIpc) is 2.99. The fourth-order valence-corrected chi connectivity index (χ4v) is 3.93. The van der Waals surface area contributed by atoms with E-state index in [0.717, 1.165) is 24.3 Å². The van der Waals surface area contributed by atoms with Crippen LogP contribution in [0.25, 0.3) is 0 Å². The molecule has 0 aromatic heterocycles. The van der Waals surface area contributed by atoms with E-state index in [1.165, 1.54) is 16.4 Å². The molecule has 3 rings (SSSR count). The number of rotatable bonds is 1. The van der Waals surface area contributed by atoms with Crippen LogP contribution in [0.4, 0.5) is 0 Å². The van der Waals surface area contributed by atoms with Crippen molar-refractivity contribution in [3.05, 3.63) is 21.3 Å². The van der Waals surface area contributed by atoms with Gasteiger partial charge in [0.15, 0.2) is 0 Å². The predicted molar refractivity (Wildman–Crippen MR) is 53.8 cm³/mol. The number of hydrogen-bond acceptors (Lipinski definition) is 2. The summed E-state index contributed by atoms with van der Waals surface area (Å²) in [5, 5.41) is 9.98. The van der Waals surface area contributed by atoms with E-state index >= 15 is 0 Å². The molecule has 0 amide bonds. The van der Waals surface area contributed by atoms with E-state index in [2.05, 4.69) is 4.93 Å². The molecular formula is C12H14IO2-. The Labute approximate surface area is 99.9 Å². The van der Waals surface area contributed by atoms with Gasteiger partial charge in [0.05, 0.1) is 0 Å². The Bertz CT molecular complexity index is 410. The van der Waals surface area contributed by atoms with E-state index in [1.807, 2.05) is 12.1 Å². The van der Waals surface area contributed by atoms with Crippen LogP contribution in [0.2, 0.25) is 0 Å². The van der Waals surface area contributed by atoms with Crippen molar-refractivity contribution >= 4 is 0 Å². The Hall–Kier alpha value is -0.450. The Morgan fingerprint density at radius 1 is 1.33 bits per heavy atom. The molecule has 0 bridgehead atoms. The van der Waals surface area contributed by atoms with E-state index in [4.69, 9.17) is 4.74 Å². The molecule has 82 valence electrons. The van der Waals surface area contributed by atoms with Gasteiger partial charge in [-0.15, -0.1) is 0 Å². The molecule has 1 heterocycles. The SMILES string of the molecule is C[I-]c1ccc(O)c2c1OCCC21CC1. The third-order valence-electron chi connectivity index (χ3n) is 3.50. The summed E-state index contributed by atoms with van der Waals surface area (Å²) in [5.41, 5.74) is 1.40. The van der Waals surface area contributed by atoms with Crippen LogP contribution in [0, 0.1) is 3.57 Å². The third kappa shape index (κ3) is 1.35. The van der Waals surface area contributed by atoms with Crippen molar-refractivity contribution in [2.45, 2.75) is 24.7 Å². The summed E-state index contributed by atoms with van der Waals surface area (Å²) >= 11 is 0.0290. The van der Waals surface area contributed by atoms with Gasteiger partial charge in [-0.05, 0) is 0 Å². The van der Waals surface area contributed by atoms with Crippen molar-refractivity contribution in [2.75, 3.05) is 11.5 Å². The van der Waals surface area contributed by atoms with Gasteiger partial charge >= 0.3 is 100 Å². The minimum absolute atomic E-state index is 0.0290. The normalized spacial score (nSPS) is 21.1. The van der Waals surface area contributed by atoms with Crippen LogP contribution in [-0.4, -0.2) is 16.6 Å². The summed E-state index contributed by atoms with van der Waals surface area (Å²) in [5.74, 6) is 1.47. The first-order chi connectivity index (χ1) is 7.27. The molecular weight excluding hydrogens is 303 g/mol. The summed E-state index contributed by atoms with van der Waals surface area (Å²) < 4.78 is 7.11. The number of alkyl halides is 1. The summed E-state index contributed by atoms with van der Waals surface area (Å²) in [6.07, 6.45) is 3.53. The predicted octanol–water partition coefficient (Wildman–Crippen LogP) is -0.905. The fraction of sp³-hybridized carbons (Fsp3) is 0.500. The van der Waals surface area contributed by atoms with Crippen LogP contribution < -0.4 is 25.9 Å². The van der Waals surface area contributed by atoms with Crippen LogP contribution in [0.15, 0.2) is 12.1 Å². The first-order valence-electron chi connectivity index (χ1n) is 5.25. The molecule has 0 unspecified atom stereocenters. The van der Waals surface area contributed by atoms with Crippen molar-refractivity contribution in [3.8, 4) is 11.5 Å². The second-order valence-corrected chi connectivity index (χ2v) is 6.58. The molecule has 1 aromatic carbocycles. The van der Waals surface area contributed by atoms with Crippen molar-refractivity contribution in [2.24, 2.45) is 0 Å². The van der Waals surface area contributed by atoms with Gasteiger partial charge in [-0.1, -0.05) is 0 Å². The van der Waals surface area contributed by atoms with Crippen molar-refractivity contribution in [1.29, 1.82) is 0 Å². The van der Waals surface area contributed by atoms with Crippen molar-refractivity contribution in [1.82, 2.24) is 0 Å². The standard InChI is InChI=1S/C12H14IO2/c1-13-8-2-3-9(14)10-11(8)15-7-6-12(10)4-5-12/h2-3,14H,4-7H2,1H3/q-1. The first kappa shape index (κ1) is 9.75. The van der Waals surface area contributed by atoms with Gasteiger partial charge in [-0.25, -0.2) is 0 Å². The number of aromatic hydroxyl groups is 1. The van der Waals surface area contributed by atoms with Crippen LogP contribution in [0.1, 0.15) is 24.8 Å². The summed E-state index contributed by atoms with van der Waals surface area (Å²) in [6.45, 7) is 0.827. The first-order valence-corrected chi connectivity index (χ1v) is 8.49. The van der Waals surface area contributed by atoms with Crippen LogP contribution >= 0.6 is 0 Å². The quantitative estimate of drug-likeness (QED) is 0.537. The topological polar surface area (TPSA) is 29.5 Å². The zero-order chi connectivity index (χ0) is 10.5. The van der Waals surface area contributed by atoms with E-state index in [9.17, 15) is 5.11 Å². The maximum absolute atomic E-state index is 9.98. The molecule has 15 heavy (non-hydrogen) atoms. The van der Waals surface area contributed by atoms with Gasteiger partial charge in [0, 0.05) is 0 Å². The van der Waals surface area contributed by atoms with Gasteiger partial charge in [-0.3, -0.25) is 0 Å². The van der Waals surface area contributed by atoms with Gasteiger partial charge in [-0.2, -0.15) is 0 Å². The number of benzene rings is 1. The van der Waals surface area contributed by atoms with Crippen LogP contribution in [-0.2, 0) is 5.41 Å². The van der Waals surface area contributed by atoms with E-state index in [-0.39, 0.29) is 26.6 Å². The summed E-state index contributed by atoms with van der Waals surface area (Å²) in [4.78, 5) is 2.24. The molecule has 1 aliphatic heterocycles. The number of ether oxygens (including phenoxy) is 1. The maximum atomic E-state index is 9.98. The van der Waals surface area contributed by atoms with Crippen LogP contribution in [0.3, 0.4) is 0 Å². The number of halogens is 1. The molecule has 0 saturated heterocycles. The molecule has 1 aliphatic carbocycles. The van der Waals surface area contributed by atoms with E-state index < -0.39 is 0 Å². The van der Waals surface area contributed by atoms with Crippen molar-refractivity contribution in [3.63, 3.8) is 0 Å². The Kier molecular flexibility index (Phi) is 2.13. The molecule has 0 atom stereocenters. The van der Waals surface area contributed by atoms with Gasteiger partial charge in [0.25, 0.3) is 0 Å². The van der Waals surface area contributed by atoms with Gasteiger partial charge in [0.1, 0.15) is 0 Å². The fourth-order valence-electron chi connectivity index (χ4n) is 2.47. The van der Waals surface area contributed by atoms with Gasteiger partial charge in [0.2, 0.25) is 0 Å². The summed E-state index contributed by atoms with van der Waals surface area (Å²) in [6, 6.07) is 3.88. The van der Waals surface area contributed by atoms with Crippen molar-refractivity contribution < 1.29 is 31.0 Å². The number of fused-ring (bicyclic) bond motifs is 2. The molecule has 2 nitrogen and oxygen atoms in total. The Morgan fingerprint density at radius 3 is 2.80 bits per heavy atom. The Morgan fingerprint density at radius 2 is 2.13 bits per heavy atom. The zero-order valence-electron chi connectivity index (χ0n) is 8.72. The molecule has 0 radical (unpaired) electrons. The molecule has 1 fully saturated rings. The summed E-state index contributed by atoms with van der Waals surface area (Å²) in [7, 11) is 0. The van der Waals surface area contributed by atoms with E-state index in [0.29, 0.717) is 5.75 Å². The Balaban J connectivity index is 2.21. The molecule has 1 spiro atoms. The molecule has 3 heteroatoms. The molecule has 1 N–H and O–H groups in total. The average molecular weight is 317 g/mol.